The number of carbonyl (C=O) groups excluding carboxylic acids is 2. The highest BCUT2D eigenvalue weighted by Crippen LogP contribution is 2.48. The summed E-state index contributed by atoms with van der Waals surface area (Å²) in [6.45, 7) is 1.90. The van der Waals surface area contributed by atoms with Crippen molar-refractivity contribution in [2.75, 3.05) is 16.9 Å². The Balaban J connectivity index is 1.89. The highest BCUT2D eigenvalue weighted by atomic mass is 19.1. The average molecular weight is 353 g/mol. The van der Waals surface area contributed by atoms with Gasteiger partial charge in [0.2, 0.25) is 0 Å². The molecule has 1 atom stereocenters. The van der Waals surface area contributed by atoms with Gasteiger partial charge in [-0.05, 0) is 37.3 Å². The molecule has 1 N–H and O–H groups in total. The zero-order valence-electron chi connectivity index (χ0n) is 14.0. The van der Waals surface area contributed by atoms with E-state index in [1.54, 1.807) is 31.2 Å². The van der Waals surface area contributed by atoms with Gasteiger partial charge in [0.1, 0.15) is 11.5 Å². The molecule has 0 aliphatic carbocycles. The first-order chi connectivity index (χ1) is 12.6. The lowest BCUT2D eigenvalue weighted by Gasteiger charge is -2.32. The summed E-state index contributed by atoms with van der Waals surface area (Å²) >= 11 is 0. The summed E-state index contributed by atoms with van der Waals surface area (Å²) < 4.78 is 19.0. The van der Waals surface area contributed by atoms with Crippen molar-refractivity contribution < 1.29 is 18.7 Å². The third kappa shape index (κ3) is 2.28. The van der Waals surface area contributed by atoms with Crippen molar-refractivity contribution in [3.63, 3.8) is 0 Å². The highest BCUT2D eigenvalue weighted by Gasteiger charge is 2.57. The Morgan fingerprint density at radius 2 is 2.08 bits per heavy atom. The molecular weight excluding hydrogens is 337 g/mol. The molecule has 2 heterocycles. The second kappa shape index (κ2) is 5.94. The number of esters is 1. The van der Waals surface area contributed by atoms with Crippen LogP contribution >= 0.6 is 0 Å². The van der Waals surface area contributed by atoms with Crippen LogP contribution in [0.3, 0.4) is 0 Å². The van der Waals surface area contributed by atoms with Crippen LogP contribution in [0.15, 0.2) is 53.6 Å². The first-order valence-electron chi connectivity index (χ1n) is 8.27. The van der Waals surface area contributed by atoms with Crippen molar-refractivity contribution in [1.82, 2.24) is 0 Å². The lowest BCUT2D eigenvalue weighted by atomic mass is 9.86. The molecule has 4 rings (SSSR count). The number of hydrazone groups is 1. The minimum Gasteiger partial charge on any atom is -0.461 e. The van der Waals surface area contributed by atoms with Gasteiger partial charge in [-0.25, -0.2) is 14.2 Å². The molecule has 0 saturated heterocycles. The topological polar surface area (TPSA) is 71.0 Å². The zero-order valence-corrected chi connectivity index (χ0v) is 14.0. The number of nitrogens with zero attached hydrogens (tertiary/aromatic N) is 2. The molecule has 1 spiro atoms. The van der Waals surface area contributed by atoms with Crippen molar-refractivity contribution in [2.24, 2.45) is 5.10 Å². The van der Waals surface area contributed by atoms with E-state index < -0.39 is 17.3 Å². The number of para-hydroxylation sites is 1. The number of halogens is 1. The first kappa shape index (κ1) is 16.3. The summed E-state index contributed by atoms with van der Waals surface area (Å²) in [5, 5.41) is 8.65. The Morgan fingerprint density at radius 1 is 1.31 bits per heavy atom. The van der Waals surface area contributed by atoms with E-state index in [4.69, 9.17) is 4.74 Å². The minimum absolute atomic E-state index is 0.00299. The van der Waals surface area contributed by atoms with Crippen LogP contribution in [-0.4, -0.2) is 24.2 Å². The average Bonchev–Trinajstić information content (AvgIpc) is 3.17. The summed E-state index contributed by atoms with van der Waals surface area (Å²) in [4.78, 5) is 25.2. The van der Waals surface area contributed by atoms with E-state index in [-0.39, 0.29) is 24.6 Å². The molecule has 0 unspecified atom stereocenters. The van der Waals surface area contributed by atoms with Gasteiger partial charge in [-0.1, -0.05) is 18.2 Å². The molecule has 2 aliphatic heterocycles. The van der Waals surface area contributed by atoms with Crippen molar-refractivity contribution in [3.05, 3.63) is 59.9 Å². The minimum atomic E-state index is -1.32. The number of hydrogen-bond donors (Lipinski definition) is 1. The van der Waals surface area contributed by atoms with E-state index in [2.05, 4.69) is 10.4 Å². The van der Waals surface area contributed by atoms with Gasteiger partial charge in [-0.3, -0.25) is 4.79 Å². The number of nitrogens with one attached hydrogen (secondary N) is 1. The van der Waals surface area contributed by atoms with Gasteiger partial charge in [0, 0.05) is 17.7 Å². The van der Waals surface area contributed by atoms with Crippen LogP contribution in [0.2, 0.25) is 0 Å². The quantitative estimate of drug-likeness (QED) is 0.862. The summed E-state index contributed by atoms with van der Waals surface area (Å²) in [5.74, 6) is -1.40. The second-order valence-electron chi connectivity index (χ2n) is 6.10. The molecule has 2 aliphatic rings. The van der Waals surface area contributed by atoms with E-state index in [0.717, 1.165) is 0 Å². The molecule has 0 aromatic heterocycles. The molecule has 6 nitrogen and oxygen atoms in total. The molecule has 2 aromatic rings. The third-order valence-electron chi connectivity index (χ3n) is 4.57. The first-order valence-corrected chi connectivity index (χ1v) is 8.27. The van der Waals surface area contributed by atoms with E-state index >= 15 is 0 Å². The fourth-order valence-corrected chi connectivity index (χ4v) is 3.43. The molecule has 2 aromatic carbocycles. The lowest BCUT2D eigenvalue weighted by molar-refractivity contribution is -0.135. The molecule has 26 heavy (non-hydrogen) atoms. The van der Waals surface area contributed by atoms with E-state index in [1.165, 1.54) is 23.2 Å². The fourth-order valence-electron chi connectivity index (χ4n) is 3.43. The van der Waals surface area contributed by atoms with Gasteiger partial charge < -0.3 is 10.1 Å². The second-order valence-corrected chi connectivity index (χ2v) is 6.10. The normalized spacial score (nSPS) is 20.8. The maximum atomic E-state index is 13.9. The maximum absolute atomic E-state index is 13.9. The molecule has 0 radical (unpaired) electrons. The molecule has 1 amide bonds. The smallest absolute Gasteiger partial charge is 0.354 e. The van der Waals surface area contributed by atoms with Crippen LogP contribution in [0.5, 0.6) is 0 Å². The number of benzene rings is 2. The third-order valence-corrected chi connectivity index (χ3v) is 4.57. The van der Waals surface area contributed by atoms with Gasteiger partial charge in [-0.15, -0.1) is 0 Å². The number of anilines is 2. The molecule has 0 saturated carbocycles. The van der Waals surface area contributed by atoms with Crippen LogP contribution in [0.4, 0.5) is 15.8 Å². The van der Waals surface area contributed by atoms with E-state index in [1.807, 2.05) is 6.07 Å². The van der Waals surface area contributed by atoms with Crippen LogP contribution < -0.4 is 10.3 Å². The van der Waals surface area contributed by atoms with Crippen molar-refractivity contribution >= 4 is 29.0 Å². The van der Waals surface area contributed by atoms with Crippen molar-refractivity contribution in [1.29, 1.82) is 0 Å². The van der Waals surface area contributed by atoms with Crippen LogP contribution in [-0.2, 0) is 19.9 Å². The standard InChI is InChI=1S/C19H16FN3O3/c1-2-26-17(24)16-11-19(23(22-16)13-6-4-3-5-7-13)14-10-12(20)8-9-15(14)21-18(19)25/h3-10H,2,11H2,1H3,(H,21,25)/t19-/m1/s1. The molecule has 132 valence electrons. The number of hydrogen-bond acceptors (Lipinski definition) is 5. The maximum Gasteiger partial charge on any atom is 0.354 e. The Bertz CT molecular complexity index is 929. The monoisotopic (exact) mass is 353 g/mol. The predicted molar refractivity (Wildman–Crippen MR) is 94.3 cm³/mol. The van der Waals surface area contributed by atoms with Gasteiger partial charge in [-0.2, -0.15) is 5.10 Å². The summed E-state index contributed by atoms with van der Waals surface area (Å²) in [6.07, 6.45) is 0.00299. The summed E-state index contributed by atoms with van der Waals surface area (Å²) in [7, 11) is 0. The number of ether oxygens (including phenoxy) is 1. The highest BCUT2D eigenvalue weighted by molar-refractivity contribution is 6.39. The number of fused-ring (bicyclic) bond motifs is 2. The lowest BCUT2D eigenvalue weighted by Crippen LogP contribution is -2.46. The predicted octanol–water partition coefficient (Wildman–Crippen LogP) is 2.80. The number of amides is 1. The van der Waals surface area contributed by atoms with E-state index in [0.29, 0.717) is 16.9 Å². The molecule has 0 fully saturated rings. The summed E-state index contributed by atoms with van der Waals surface area (Å²) in [5.41, 5.74) is 0.398. The fraction of sp³-hybridized carbons (Fsp3) is 0.211. The van der Waals surface area contributed by atoms with Gasteiger partial charge in [0.05, 0.1) is 12.3 Å². The summed E-state index contributed by atoms with van der Waals surface area (Å²) in [6, 6.07) is 13.1. The van der Waals surface area contributed by atoms with Gasteiger partial charge in [0.15, 0.2) is 5.54 Å². The Hall–Kier alpha value is -3.22. The van der Waals surface area contributed by atoms with Gasteiger partial charge >= 0.3 is 5.97 Å². The van der Waals surface area contributed by atoms with Crippen LogP contribution in [0.1, 0.15) is 18.9 Å². The molecule has 7 heteroatoms. The SMILES string of the molecule is CCOC(=O)C1=NN(c2ccccc2)[C@@]2(C1)C(=O)Nc1ccc(F)cc12. The number of carbonyl (C=O) groups is 2. The van der Waals surface area contributed by atoms with Gasteiger partial charge in [0.25, 0.3) is 5.91 Å². The molecular formula is C19H16FN3O3. The number of rotatable bonds is 3. The van der Waals surface area contributed by atoms with Crippen LogP contribution in [0, 0.1) is 5.82 Å². The molecule has 0 bridgehead atoms. The Morgan fingerprint density at radius 3 is 2.81 bits per heavy atom. The zero-order chi connectivity index (χ0) is 18.3. The van der Waals surface area contributed by atoms with Crippen molar-refractivity contribution in [3.8, 4) is 0 Å². The Kier molecular flexibility index (Phi) is 3.72. The Labute approximate surface area is 149 Å². The van der Waals surface area contributed by atoms with Crippen molar-refractivity contribution in [2.45, 2.75) is 18.9 Å². The largest absolute Gasteiger partial charge is 0.461 e. The van der Waals surface area contributed by atoms with E-state index in [9.17, 15) is 14.0 Å². The van der Waals surface area contributed by atoms with Crippen LogP contribution in [0.25, 0.3) is 0 Å².